The number of hydrogen-bond acceptors (Lipinski definition) is 3. The maximum absolute atomic E-state index is 5.75. The summed E-state index contributed by atoms with van der Waals surface area (Å²) in [5.41, 5.74) is 1.26. The van der Waals surface area contributed by atoms with E-state index in [1.807, 2.05) is 12.1 Å². The Morgan fingerprint density at radius 2 is 2.00 bits per heavy atom. The molecular formula is C14H20BrNO2. The molecular weight excluding hydrogens is 294 g/mol. The van der Waals surface area contributed by atoms with Gasteiger partial charge in [-0.3, -0.25) is 4.90 Å². The molecule has 0 N–H and O–H groups in total. The van der Waals surface area contributed by atoms with E-state index < -0.39 is 0 Å². The van der Waals surface area contributed by atoms with Crippen LogP contribution in [-0.2, 0) is 11.3 Å². The smallest absolute Gasteiger partial charge is 0.119 e. The highest BCUT2D eigenvalue weighted by Gasteiger charge is 2.22. The Morgan fingerprint density at radius 3 is 2.61 bits per heavy atom. The van der Waals surface area contributed by atoms with Crippen LogP contribution in [0, 0.1) is 0 Å². The predicted octanol–water partition coefficient (Wildman–Crippen LogP) is 3.07. The lowest BCUT2D eigenvalue weighted by Crippen LogP contribution is -2.44. The van der Waals surface area contributed by atoms with E-state index in [9.17, 15) is 0 Å². The van der Waals surface area contributed by atoms with Gasteiger partial charge in [-0.05, 0) is 37.6 Å². The number of halogens is 1. The second kappa shape index (κ2) is 6.04. The molecule has 0 spiro atoms. The summed E-state index contributed by atoms with van der Waals surface area (Å²) >= 11 is 3.60. The van der Waals surface area contributed by atoms with Crippen molar-refractivity contribution in [2.45, 2.75) is 32.6 Å². The summed E-state index contributed by atoms with van der Waals surface area (Å²) in [6.07, 6.45) is 0.608. The van der Waals surface area contributed by atoms with Crippen molar-refractivity contribution in [1.29, 1.82) is 0 Å². The van der Waals surface area contributed by atoms with Crippen molar-refractivity contribution in [3.8, 4) is 5.75 Å². The second-order valence-corrected chi connectivity index (χ2v) is 5.76. The van der Waals surface area contributed by atoms with Crippen molar-refractivity contribution in [2.24, 2.45) is 0 Å². The fraction of sp³-hybridized carbons (Fsp3) is 0.571. The highest BCUT2D eigenvalue weighted by atomic mass is 79.9. The van der Waals surface area contributed by atoms with E-state index >= 15 is 0 Å². The molecule has 1 aromatic carbocycles. The third-order valence-electron chi connectivity index (χ3n) is 3.14. The molecule has 3 nitrogen and oxygen atoms in total. The lowest BCUT2D eigenvalue weighted by molar-refractivity contribution is -0.0705. The summed E-state index contributed by atoms with van der Waals surface area (Å²) in [6, 6.07) is 6.11. The van der Waals surface area contributed by atoms with E-state index in [1.165, 1.54) is 5.56 Å². The second-order valence-electron chi connectivity index (χ2n) is 4.91. The number of methoxy groups -OCH3 is 1. The Kier molecular flexibility index (Phi) is 4.65. The molecule has 1 fully saturated rings. The molecule has 4 heteroatoms. The SMILES string of the molecule is COc1ccc(Br)c(CN2CC(C)OC(C)C2)c1. The zero-order chi connectivity index (χ0) is 13.1. The Balaban J connectivity index is 2.08. The topological polar surface area (TPSA) is 21.7 Å². The molecule has 1 aromatic rings. The van der Waals surface area contributed by atoms with Crippen LogP contribution < -0.4 is 4.74 Å². The molecule has 0 bridgehead atoms. The first-order valence-electron chi connectivity index (χ1n) is 6.28. The van der Waals surface area contributed by atoms with E-state index in [4.69, 9.17) is 9.47 Å². The summed E-state index contributed by atoms with van der Waals surface area (Å²) in [4.78, 5) is 2.43. The van der Waals surface area contributed by atoms with Crippen molar-refractivity contribution in [2.75, 3.05) is 20.2 Å². The number of ether oxygens (including phenoxy) is 2. The van der Waals surface area contributed by atoms with Crippen LogP contribution >= 0.6 is 15.9 Å². The average molecular weight is 314 g/mol. The van der Waals surface area contributed by atoms with Crippen LogP contribution in [-0.4, -0.2) is 37.3 Å². The summed E-state index contributed by atoms with van der Waals surface area (Å²) in [6.45, 7) is 7.14. The normalized spacial score (nSPS) is 25.1. The van der Waals surface area contributed by atoms with Gasteiger partial charge in [0.25, 0.3) is 0 Å². The predicted molar refractivity (Wildman–Crippen MR) is 76.0 cm³/mol. The molecule has 2 atom stereocenters. The number of morpholine rings is 1. The van der Waals surface area contributed by atoms with E-state index in [1.54, 1.807) is 7.11 Å². The molecule has 2 unspecified atom stereocenters. The molecule has 0 aromatic heterocycles. The molecule has 0 amide bonds. The van der Waals surface area contributed by atoms with Crippen molar-refractivity contribution < 1.29 is 9.47 Å². The van der Waals surface area contributed by atoms with Crippen LogP contribution in [0.3, 0.4) is 0 Å². The van der Waals surface area contributed by atoms with Crippen LogP contribution in [0.15, 0.2) is 22.7 Å². The Bertz CT molecular complexity index is 401. The van der Waals surface area contributed by atoms with Crippen molar-refractivity contribution >= 4 is 15.9 Å². The molecule has 0 radical (unpaired) electrons. The minimum Gasteiger partial charge on any atom is -0.497 e. The van der Waals surface area contributed by atoms with E-state index in [0.29, 0.717) is 12.2 Å². The maximum atomic E-state index is 5.75. The number of benzene rings is 1. The third-order valence-corrected chi connectivity index (χ3v) is 3.92. The highest BCUT2D eigenvalue weighted by molar-refractivity contribution is 9.10. The van der Waals surface area contributed by atoms with E-state index in [2.05, 4.69) is 40.7 Å². The quantitative estimate of drug-likeness (QED) is 0.856. The van der Waals surface area contributed by atoms with Crippen LogP contribution in [0.5, 0.6) is 5.75 Å². The number of rotatable bonds is 3. The van der Waals surface area contributed by atoms with Gasteiger partial charge in [0.1, 0.15) is 5.75 Å². The van der Waals surface area contributed by atoms with Crippen LogP contribution in [0.1, 0.15) is 19.4 Å². The Morgan fingerprint density at radius 1 is 1.33 bits per heavy atom. The molecule has 1 heterocycles. The van der Waals surface area contributed by atoms with Gasteiger partial charge in [-0.15, -0.1) is 0 Å². The van der Waals surface area contributed by atoms with Gasteiger partial charge in [-0.2, -0.15) is 0 Å². The van der Waals surface area contributed by atoms with E-state index in [-0.39, 0.29) is 0 Å². The fourth-order valence-corrected chi connectivity index (χ4v) is 2.83. The van der Waals surface area contributed by atoms with Gasteiger partial charge in [-0.25, -0.2) is 0 Å². The minimum atomic E-state index is 0.304. The first kappa shape index (κ1) is 13.8. The van der Waals surface area contributed by atoms with Gasteiger partial charge in [-0.1, -0.05) is 15.9 Å². The van der Waals surface area contributed by atoms with Gasteiger partial charge >= 0.3 is 0 Å². The molecule has 100 valence electrons. The van der Waals surface area contributed by atoms with Crippen LogP contribution in [0.25, 0.3) is 0 Å². The maximum Gasteiger partial charge on any atom is 0.119 e. The van der Waals surface area contributed by atoms with Gasteiger partial charge in [0.2, 0.25) is 0 Å². The van der Waals surface area contributed by atoms with Crippen LogP contribution in [0.2, 0.25) is 0 Å². The standard InChI is InChI=1S/C14H20BrNO2/c1-10-7-16(8-11(2)18-10)9-12-6-13(17-3)4-5-14(12)15/h4-6,10-11H,7-9H2,1-3H3. The summed E-state index contributed by atoms with van der Waals surface area (Å²) in [5, 5.41) is 0. The molecule has 18 heavy (non-hydrogen) atoms. The monoisotopic (exact) mass is 313 g/mol. The molecule has 1 aliphatic heterocycles. The molecule has 2 rings (SSSR count). The summed E-state index contributed by atoms with van der Waals surface area (Å²) < 4.78 is 12.2. The third kappa shape index (κ3) is 3.46. The van der Waals surface area contributed by atoms with Crippen LogP contribution in [0.4, 0.5) is 0 Å². The summed E-state index contributed by atoms with van der Waals surface area (Å²) in [7, 11) is 1.70. The Hall–Kier alpha value is -0.580. The first-order valence-corrected chi connectivity index (χ1v) is 7.08. The zero-order valence-corrected chi connectivity index (χ0v) is 12.7. The number of nitrogens with zero attached hydrogens (tertiary/aromatic N) is 1. The molecule has 0 saturated carbocycles. The lowest BCUT2D eigenvalue weighted by atomic mass is 10.1. The first-order chi connectivity index (χ1) is 8.58. The van der Waals surface area contributed by atoms with Crippen molar-refractivity contribution in [3.05, 3.63) is 28.2 Å². The zero-order valence-electron chi connectivity index (χ0n) is 11.1. The molecule has 1 saturated heterocycles. The lowest BCUT2D eigenvalue weighted by Gasteiger charge is -2.35. The van der Waals surface area contributed by atoms with E-state index in [0.717, 1.165) is 29.9 Å². The van der Waals surface area contributed by atoms with Crippen molar-refractivity contribution in [3.63, 3.8) is 0 Å². The minimum absolute atomic E-state index is 0.304. The average Bonchev–Trinajstić information content (AvgIpc) is 2.30. The molecule has 0 aliphatic carbocycles. The van der Waals surface area contributed by atoms with Crippen molar-refractivity contribution in [1.82, 2.24) is 4.90 Å². The van der Waals surface area contributed by atoms with Gasteiger partial charge in [0.15, 0.2) is 0 Å². The fourth-order valence-electron chi connectivity index (χ4n) is 2.45. The molecule has 1 aliphatic rings. The summed E-state index contributed by atoms with van der Waals surface area (Å²) in [5.74, 6) is 0.905. The highest BCUT2D eigenvalue weighted by Crippen LogP contribution is 2.25. The Labute approximate surface area is 117 Å². The number of hydrogen-bond donors (Lipinski definition) is 0. The van der Waals surface area contributed by atoms with Gasteiger partial charge < -0.3 is 9.47 Å². The van der Waals surface area contributed by atoms with Gasteiger partial charge in [0.05, 0.1) is 19.3 Å². The largest absolute Gasteiger partial charge is 0.497 e. The van der Waals surface area contributed by atoms with Gasteiger partial charge in [0, 0.05) is 24.1 Å².